The number of nitrogens with one attached hydrogen (secondary N) is 2. The van der Waals surface area contributed by atoms with Crippen LogP contribution in [0.2, 0.25) is 0 Å². The molecule has 8 heteroatoms. The largest absolute Gasteiger partial charge is 0.479 e. The van der Waals surface area contributed by atoms with Crippen molar-refractivity contribution in [3.63, 3.8) is 0 Å². The van der Waals surface area contributed by atoms with Crippen LogP contribution in [0, 0.1) is 5.92 Å². The number of carbonyl (C=O) groups excluding carboxylic acids is 2. The fourth-order valence-electron chi connectivity index (χ4n) is 5.38. The standard InChI is InChI=1S/C26H28N2O6/c29-23(28-26(24(30)31)11-12-33-15-26)16-9-10-17(13-16)27-25(32)34-14-22-20-7-3-1-5-18(20)19-6-2-4-8-21(19)22/h1-8,16-17,22H,9-15H2,(H,27,32)(H,28,29)(H,30,31)/t16-,17+,26?/m1/s1. The van der Waals surface area contributed by atoms with Crippen molar-refractivity contribution in [3.05, 3.63) is 59.7 Å². The van der Waals surface area contributed by atoms with Gasteiger partial charge in [-0.2, -0.15) is 0 Å². The summed E-state index contributed by atoms with van der Waals surface area (Å²) in [5.74, 6) is -1.74. The Morgan fingerprint density at radius 3 is 2.32 bits per heavy atom. The fraction of sp³-hybridized carbons (Fsp3) is 0.423. The number of hydrogen-bond acceptors (Lipinski definition) is 5. The van der Waals surface area contributed by atoms with Gasteiger partial charge in [0.05, 0.1) is 6.61 Å². The summed E-state index contributed by atoms with van der Waals surface area (Å²) in [4.78, 5) is 36.9. The molecule has 2 amide bonds. The third-order valence-electron chi connectivity index (χ3n) is 7.26. The van der Waals surface area contributed by atoms with Crippen LogP contribution < -0.4 is 10.6 Å². The van der Waals surface area contributed by atoms with E-state index in [1.807, 2.05) is 24.3 Å². The first-order chi connectivity index (χ1) is 16.5. The van der Waals surface area contributed by atoms with Gasteiger partial charge in [0.1, 0.15) is 6.61 Å². The number of hydrogen-bond donors (Lipinski definition) is 3. The smallest absolute Gasteiger partial charge is 0.407 e. The second-order valence-electron chi connectivity index (χ2n) is 9.36. The summed E-state index contributed by atoms with van der Waals surface area (Å²) in [5, 5.41) is 15.1. The highest BCUT2D eigenvalue weighted by molar-refractivity contribution is 5.88. The predicted octanol–water partition coefficient (Wildman–Crippen LogP) is 3.05. The van der Waals surface area contributed by atoms with Crippen molar-refractivity contribution in [1.29, 1.82) is 0 Å². The first-order valence-corrected chi connectivity index (χ1v) is 11.7. The van der Waals surface area contributed by atoms with Gasteiger partial charge in [0.15, 0.2) is 5.54 Å². The molecular formula is C26H28N2O6. The van der Waals surface area contributed by atoms with E-state index in [2.05, 4.69) is 34.9 Å². The van der Waals surface area contributed by atoms with E-state index in [0.29, 0.717) is 25.9 Å². The molecule has 5 rings (SSSR count). The van der Waals surface area contributed by atoms with Gasteiger partial charge in [-0.25, -0.2) is 9.59 Å². The minimum atomic E-state index is -1.35. The SMILES string of the molecule is O=C(N[C@H]1CC[C@@H](C(=O)NC2(C(=O)O)CCOC2)C1)OCC1c2ccccc2-c2ccccc21. The first-order valence-electron chi connectivity index (χ1n) is 11.7. The molecule has 2 aromatic rings. The topological polar surface area (TPSA) is 114 Å². The molecule has 0 aromatic heterocycles. The highest BCUT2D eigenvalue weighted by Crippen LogP contribution is 2.44. The first kappa shape index (κ1) is 22.4. The van der Waals surface area contributed by atoms with Crippen LogP contribution in [-0.2, 0) is 19.1 Å². The lowest BCUT2D eigenvalue weighted by molar-refractivity contribution is -0.148. The Hall–Kier alpha value is -3.39. The minimum Gasteiger partial charge on any atom is -0.479 e. The third-order valence-corrected chi connectivity index (χ3v) is 7.26. The molecule has 2 aliphatic carbocycles. The molecule has 1 heterocycles. The molecule has 0 radical (unpaired) electrons. The van der Waals surface area contributed by atoms with Crippen molar-refractivity contribution in [2.45, 2.75) is 43.2 Å². The number of alkyl carbamates (subject to hydrolysis) is 1. The van der Waals surface area contributed by atoms with Crippen LogP contribution in [0.15, 0.2) is 48.5 Å². The maximum Gasteiger partial charge on any atom is 0.407 e. The Kier molecular flexibility index (Phi) is 6.00. The van der Waals surface area contributed by atoms with Crippen molar-refractivity contribution < 1.29 is 29.0 Å². The number of aliphatic carboxylic acids is 1. The van der Waals surface area contributed by atoms with Crippen molar-refractivity contribution in [1.82, 2.24) is 10.6 Å². The summed E-state index contributed by atoms with van der Waals surface area (Å²) in [6.45, 7) is 0.517. The van der Waals surface area contributed by atoms with E-state index in [9.17, 15) is 19.5 Å². The molecule has 1 unspecified atom stereocenters. The average molecular weight is 465 g/mol. The summed E-state index contributed by atoms with van der Waals surface area (Å²) in [6, 6.07) is 16.1. The number of fused-ring (bicyclic) bond motifs is 3. The number of carbonyl (C=O) groups is 3. The molecule has 8 nitrogen and oxygen atoms in total. The number of rotatable bonds is 6. The molecule has 178 valence electrons. The summed E-state index contributed by atoms with van der Waals surface area (Å²) >= 11 is 0. The molecular weight excluding hydrogens is 436 g/mol. The van der Waals surface area contributed by atoms with Crippen molar-refractivity contribution in [2.75, 3.05) is 19.8 Å². The lowest BCUT2D eigenvalue weighted by Gasteiger charge is -2.25. The number of carboxylic acids is 1. The van der Waals surface area contributed by atoms with Gasteiger partial charge in [0, 0.05) is 30.9 Å². The van der Waals surface area contributed by atoms with Gasteiger partial charge in [-0.05, 0) is 41.5 Å². The van der Waals surface area contributed by atoms with Crippen LogP contribution in [0.3, 0.4) is 0 Å². The minimum absolute atomic E-state index is 0.0129. The molecule has 1 saturated carbocycles. The Morgan fingerprint density at radius 1 is 1.03 bits per heavy atom. The van der Waals surface area contributed by atoms with E-state index >= 15 is 0 Å². The van der Waals surface area contributed by atoms with Gasteiger partial charge in [0.2, 0.25) is 5.91 Å². The van der Waals surface area contributed by atoms with E-state index < -0.39 is 17.6 Å². The molecule has 3 aliphatic rings. The number of benzene rings is 2. The van der Waals surface area contributed by atoms with Gasteiger partial charge < -0.3 is 25.2 Å². The molecule has 3 atom stereocenters. The second kappa shape index (κ2) is 9.10. The number of ether oxygens (including phenoxy) is 2. The van der Waals surface area contributed by atoms with Gasteiger partial charge in [-0.15, -0.1) is 0 Å². The maximum atomic E-state index is 12.7. The molecule has 1 aliphatic heterocycles. The average Bonchev–Trinajstić information content (AvgIpc) is 3.56. The van der Waals surface area contributed by atoms with Gasteiger partial charge in [-0.3, -0.25) is 4.79 Å². The van der Waals surface area contributed by atoms with Crippen LogP contribution in [0.5, 0.6) is 0 Å². The lowest BCUT2D eigenvalue weighted by Crippen LogP contribution is -2.56. The molecule has 34 heavy (non-hydrogen) atoms. The quantitative estimate of drug-likeness (QED) is 0.606. The zero-order chi connectivity index (χ0) is 23.7. The van der Waals surface area contributed by atoms with Crippen LogP contribution in [0.25, 0.3) is 11.1 Å². The van der Waals surface area contributed by atoms with Crippen molar-refractivity contribution >= 4 is 18.0 Å². The Bertz CT molecular complexity index is 1060. The van der Waals surface area contributed by atoms with Crippen LogP contribution in [0.1, 0.15) is 42.7 Å². The Balaban J connectivity index is 1.15. The molecule has 2 fully saturated rings. The van der Waals surface area contributed by atoms with Gasteiger partial charge in [0.25, 0.3) is 0 Å². The molecule has 2 aromatic carbocycles. The van der Waals surface area contributed by atoms with Crippen molar-refractivity contribution in [3.8, 4) is 11.1 Å². The highest BCUT2D eigenvalue weighted by atomic mass is 16.5. The number of amides is 2. The third kappa shape index (κ3) is 4.14. The highest BCUT2D eigenvalue weighted by Gasteiger charge is 2.45. The Morgan fingerprint density at radius 2 is 1.71 bits per heavy atom. The summed E-state index contributed by atoms with van der Waals surface area (Å²) in [6.07, 6.45) is 1.42. The van der Waals surface area contributed by atoms with E-state index in [4.69, 9.17) is 9.47 Å². The zero-order valence-corrected chi connectivity index (χ0v) is 18.8. The number of carboxylic acid groups (broad SMARTS) is 1. The van der Waals surface area contributed by atoms with E-state index in [-0.39, 0.29) is 43.4 Å². The lowest BCUT2D eigenvalue weighted by atomic mass is 9.96. The van der Waals surface area contributed by atoms with Gasteiger partial charge >= 0.3 is 12.1 Å². The Labute approximate surface area is 197 Å². The van der Waals surface area contributed by atoms with Crippen LogP contribution in [0.4, 0.5) is 4.79 Å². The summed E-state index contributed by atoms with van der Waals surface area (Å²) in [7, 11) is 0. The zero-order valence-electron chi connectivity index (χ0n) is 18.8. The summed E-state index contributed by atoms with van der Waals surface area (Å²) in [5.41, 5.74) is 3.29. The van der Waals surface area contributed by atoms with Crippen LogP contribution >= 0.6 is 0 Å². The summed E-state index contributed by atoms with van der Waals surface area (Å²) < 4.78 is 10.8. The van der Waals surface area contributed by atoms with E-state index in [0.717, 1.165) is 11.1 Å². The molecule has 0 bridgehead atoms. The van der Waals surface area contributed by atoms with E-state index in [1.54, 1.807) is 0 Å². The second-order valence-corrected chi connectivity index (χ2v) is 9.36. The van der Waals surface area contributed by atoms with Crippen LogP contribution in [-0.4, -0.2) is 54.5 Å². The van der Waals surface area contributed by atoms with Gasteiger partial charge in [-0.1, -0.05) is 48.5 Å². The van der Waals surface area contributed by atoms with E-state index in [1.165, 1.54) is 11.1 Å². The fourth-order valence-corrected chi connectivity index (χ4v) is 5.38. The van der Waals surface area contributed by atoms with Crippen molar-refractivity contribution in [2.24, 2.45) is 5.92 Å². The molecule has 1 saturated heterocycles. The normalized spacial score (nSPS) is 25.4. The molecule has 3 N–H and O–H groups in total. The maximum absolute atomic E-state index is 12.7. The molecule has 0 spiro atoms. The monoisotopic (exact) mass is 464 g/mol. The predicted molar refractivity (Wildman–Crippen MR) is 123 cm³/mol.